The Morgan fingerprint density at radius 1 is 1.54 bits per heavy atom. The maximum atomic E-state index is 8.46. The number of ether oxygens (including phenoxy) is 1. The summed E-state index contributed by atoms with van der Waals surface area (Å²) in [6, 6.07) is 7.50. The molecule has 0 radical (unpaired) electrons. The van der Waals surface area contributed by atoms with Crippen molar-refractivity contribution in [2.24, 2.45) is 0 Å². The van der Waals surface area contributed by atoms with Gasteiger partial charge in [-0.3, -0.25) is 0 Å². The van der Waals surface area contributed by atoms with Crippen LogP contribution in [0.3, 0.4) is 0 Å². The van der Waals surface area contributed by atoms with E-state index in [1.165, 1.54) is 0 Å². The summed E-state index contributed by atoms with van der Waals surface area (Å²) in [6.45, 7) is 3.89. The first-order valence-corrected chi connectivity index (χ1v) is 4.22. The second kappa shape index (κ2) is 4.46. The summed E-state index contributed by atoms with van der Waals surface area (Å²) in [6.07, 6.45) is 0.444. The average Bonchev–Trinajstić information content (AvgIpc) is 2.04. The minimum atomic E-state index is 0.116. The average molecular weight is 176 g/mol. The highest BCUT2D eigenvalue weighted by Gasteiger charge is 1.99. The quantitative estimate of drug-likeness (QED) is 0.707. The van der Waals surface area contributed by atoms with E-state index in [1.807, 2.05) is 32.0 Å². The molecule has 0 aliphatic carbocycles. The van der Waals surface area contributed by atoms with Crippen molar-refractivity contribution in [2.75, 3.05) is 0 Å². The highest BCUT2D eigenvalue weighted by atomic mass is 16.5. The van der Waals surface area contributed by atoms with Crippen LogP contribution >= 0.6 is 0 Å². The van der Waals surface area contributed by atoms with Crippen molar-refractivity contribution < 1.29 is 4.74 Å². The smallest absolute Gasteiger partial charge is 0.213 e. The molecule has 0 spiro atoms. The molecular formula is C10H12N2O. The molecule has 0 atom stereocenters. The Labute approximate surface area is 78.0 Å². The molecule has 0 N–H and O–H groups in total. The molecule has 68 valence electrons. The molecule has 0 fully saturated rings. The van der Waals surface area contributed by atoms with Gasteiger partial charge in [-0.15, -0.1) is 0 Å². The van der Waals surface area contributed by atoms with Crippen molar-refractivity contribution in [3.63, 3.8) is 0 Å². The molecule has 0 amide bonds. The third-order valence-electron chi connectivity index (χ3n) is 1.40. The van der Waals surface area contributed by atoms with Gasteiger partial charge in [0.25, 0.3) is 0 Å². The number of pyridine rings is 1. The van der Waals surface area contributed by atoms with Gasteiger partial charge in [-0.2, -0.15) is 5.26 Å². The van der Waals surface area contributed by atoms with Gasteiger partial charge in [0.05, 0.1) is 24.3 Å². The number of aromatic nitrogens is 1. The summed E-state index contributed by atoms with van der Waals surface area (Å²) in [5.74, 6) is 0.586. The highest BCUT2D eigenvalue weighted by molar-refractivity contribution is 5.17. The van der Waals surface area contributed by atoms with Crippen molar-refractivity contribution in [2.45, 2.75) is 26.4 Å². The molecule has 0 saturated carbocycles. The first-order chi connectivity index (χ1) is 6.22. The zero-order valence-electron chi connectivity index (χ0n) is 7.82. The van der Waals surface area contributed by atoms with Gasteiger partial charge in [-0.05, 0) is 19.9 Å². The van der Waals surface area contributed by atoms with Gasteiger partial charge in [0, 0.05) is 6.07 Å². The van der Waals surface area contributed by atoms with Crippen LogP contribution in [-0.2, 0) is 6.42 Å². The van der Waals surface area contributed by atoms with Crippen molar-refractivity contribution in [1.82, 2.24) is 4.98 Å². The molecule has 0 bridgehead atoms. The SMILES string of the molecule is CC(C)Oc1cccc(CC#N)n1. The molecule has 3 heteroatoms. The van der Waals surface area contributed by atoms with Gasteiger partial charge in [-0.25, -0.2) is 4.98 Å². The first-order valence-electron chi connectivity index (χ1n) is 4.22. The van der Waals surface area contributed by atoms with Crippen LogP contribution in [-0.4, -0.2) is 11.1 Å². The minimum absolute atomic E-state index is 0.116. The van der Waals surface area contributed by atoms with Gasteiger partial charge in [0.1, 0.15) is 0 Å². The second-order valence-corrected chi connectivity index (χ2v) is 2.97. The molecule has 1 heterocycles. The van der Waals surface area contributed by atoms with Crippen LogP contribution in [0.2, 0.25) is 0 Å². The van der Waals surface area contributed by atoms with Crippen molar-refractivity contribution in [3.8, 4) is 11.9 Å². The fourth-order valence-corrected chi connectivity index (χ4v) is 0.944. The Bertz CT molecular complexity index is 315. The van der Waals surface area contributed by atoms with Crippen molar-refractivity contribution >= 4 is 0 Å². The van der Waals surface area contributed by atoms with E-state index >= 15 is 0 Å². The monoisotopic (exact) mass is 176 g/mol. The van der Waals surface area contributed by atoms with Crippen LogP contribution in [0.1, 0.15) is 19.5 Å². The van der Waals surface area contributed by atoms with Crippen LogP contribution in [0.15, 0.2) is 18.2 Å². The van der Waals surface area contributed by atoms with E-state index in [0.29, 0.717) is 12.3 Å². The molecule has 3 nitrogen and oxygen atoms in total. The normalized spacial score (nSPS) is 9.69. The maximum Gasteiger partial charge on any atom is 0.213 e. The summed E-state index contributed by atoms with van der Waals surface area (Å²) >= 11 is 0. The van der Waals surface area contributed by atoms with Crippen molar-refractivity contribution in [3.05, 3.63) is 23.9 Å². The van der Waals surface area contributed by atoms with E-state index in [4.69, 9.17) is 10.00 Å². The summed E-state index contributed by atoms with van der Waals surface area (Å²) < 4.78 is 5.38. The molecule has 0 aliphatic heterocycles. The minimum Gasteiger partial charge on any atom is -0.475 e. The summed E-state index contributed by atoms with van der Waals surface area (Å²) in [5.41, 5.74) is 0.751. The van der Waals surface area contributed by atoms with Gasteiger partial charge in [0.15, 0.2) is 0 Å². The number of hydrogen-bond acceptors (Lipinski definition) is 3. The van der Waals surface area contributed by atoms with Gasteiger partial charge >= 0.3 is 0 Å². The number of rotatable bonds is 3. The molecule has 1 aromatic heterocycles. The van der Waals surface area contributed by atoms with Crippen LogP contribution in [0.5, 0.6) is 5.88 Å². The maximum absolute atomic E-state index is 8.46. The lowest BCUT2D eigenvalue weighted by Crippen LogP contribution is -2.07. The van der Waals surface area contributed by atoms with E-state index in [1.54, 1.807) is 6.07 Å². The van der Waals surface area contributed by atoms with E-state index in [-0.39, 0.29) is 6.10 Å². The Balaban J connectivity index is 2.74. The van der Waals surface area contributed by atoms with E-state index < -0.39 is 0 Å². The summed E-state index contributed by atoms with van der Waals surface area (Å²) in [4.78, 5) is 4.16. The predicted molar refractivity (Wildman–Crippen MR) is 49.3 cm³/mol. The second-order valence-electron chi connectivity index (χ2n) is 2.97. The van der Waals surface area contributed by atoms with Gasteiger partial charge in [-0.1, -0.05) is 6.07 Å². The Morgan fingerprint density at radius 3 is 2.92 bits per heavy atom. The third-order valence-corrected chi connectivity index (χ3v) is 1.40. The Kier molecular flexibility index (Phi) is 3.27. The molecule has 0 aromatic carbocycles. The predicted octanol–water partition coefficient (Wildman–Crippen LogP) is 1.93. The fourth-order valence-electron chi connectivity index (χ4n) is 0.944. The van der Waals surface area contributed by atoms with Crippen LogP contribution < -0.4 is 4.74 Å². The summed E-state index contributed by atoms with van der Waals surface area (Å²) in [7, 11) is 0. The summed E-state index contributed by atoms with van der Waals surface area (Å²) in [5, 5.41) is 8.46. The number of hydrogen-bond donors (Lipinski definition) is 0. The zero-order chi connectivity index (χ0) is 9.68. The first kappa shape index (κ1) is 9.53. The largest absolute Gasteiger partial charge is 0.475 e. The van der Waals surface area contributed by atoms with Crippen LogP contribution in [0.4, 0.5) is 0 Å². The molecule has 1 aromatic rings. The molecule has 0 unspecified atom stereocenters. The topological polar surface area (TPSA) is 45.9 Å². The molecular weight excluding hydrogens is 164 g/mol. The lowest BCUT2D eigenvalue weighted by atomic mass is 10.3. The standard InChI is InChI=1S/C10H12N2O/c1-8(2)13-10-5-3-4-9(12-10)6-7-11/h3-5,8H,6H2,1-2H3. The molecule has 0 saturated heterocycles. The fraction of sp³-hybridized carbons (Fsp3) is 0.400. The van der Waals surface area contributed by atoms with E-state index in [9.17, 15) is 0 Å². The molecule has 0 aliphatic rings. The van der Waals surface area contributed by atoms with Gasteiger partial charge < -0.3 is 4.74 Å². The van der Waals surface area contributed by atoms with E-state index in [2.05, 4.69) is 4.98 Å². The number of nitrogens with zero attached hydrogens (tertiary/aromatic N) is 2. The Morgan fingerprint density at radius 2 is 2.31 bits per heavy atom. The van der Waals surface area contributed by atoms with Gasteiger partial charge in [0.2, 0.25) is 5.88 Å². The third kappa shape index (κ3) is 3.12. The number of nitriles is 1. The van der Waals surface area contributed by atoms with Crippen LogP contribution in [0.25, 0.3) is 0 Å². The van der Waals surface area contributed by atoms with Crippen molar-refractivity contribution in [1.29, 1.82) is 5.26 Å². The lowest BCUT2D eigenvalue weighted by molar-refractivity contribution is 0.232. The molecule has 13 heavy (non-hydrogen) atoms. The Hall–Kier alpha value is -1.56. The van der Waals surface area contributed by atoms with Crippen LogP contribution in [0, 0.1) is 11.3 Å². The molecule has 1 rings (SSSR count). The lowest BCUT2D eigenvalue weighted by Gasteiger charge is -2.08. The zero-order valence-corrected chi connectivity index (χ0v) is 7.82. The van der Waals surface area contributed by atoms with E-state index in [0.717, 1.165) is 5.69 Å². The highest BCUT2D eigenvalue weighted by Crippen LogP contribution is 2.09.